The summed E-state index contributed by atoms with van der Waals surface area (Å²) in [5, 5.41) is 1.54. The van der Waals surface area contributed by atoms with Crippen LogP contribution in [-0.2, 0) is 15.9 Å². The van der Waals surface area contributed by atoms with Crippen molar-refractivity contribution in [3.8, 4) is 0 Å². The molecule has 0 bridgehead atoms. The lowest BCUT2D eigenvalue weighted by atomic mass is 10.0. The summed E-state index contributed by atoms with van der Waals surface area (Å²) in [5.41, 5.74) is 3.56. The maximum Gasteiger partial charge on any atom is 0.157 e. The van der Waals surface area contributed by atoms with E-state index in [1.807, 2.05) is 0 Å². The largest absolute Gasteiger partial charge is 0.350 e. The van der Waals surface area contributed by atoms with Gasteiger partial charge in [0.15, 0.2) is 6.29 Å². The van der Waals surface area contributed by atoms with Gasteiger partial charge in [-0.25, -0.2) is 0 Å². The molecule has 1 saturated heterocycles. The molecule has 25 heavy (non-hydrogen) atoms. The summed E-state index contributed by atoms with van der Waals surface area (Å²) in [6.45, 7) is 8.75. The standard InChI is InChI=1S/C22H30O2Si/c1-18-9-7-8-10-19(18)17-21(13-14-22-23-15-16-24-22)25(2,3)20-11-5-4-6-12-20/h4-12,21-22H,13-17H2,1-3H3/t21-/m0/s1. The van der Waals surface area contributed by atoms with Crippen molar-refractivity contribution in [3.05, 3.63) is 65.7 Å². The molecule has 0 amide bonds. The van der Waals surface area contributed by atoms with Crippen molar-refractivity contribution in [3.63, 3.8) is 0 Å². The van der Waals surface area contributed by atoms with Gasteiger partial charge in [-0.2, -0.15) is 0 Å². The average molecular weight is 355 g/mol. The number of hydrogen-bond acceptors (Lipinski definition) is 2. The second-order valence-electron chi connectivity index (χ2n) is 7.66. The Morgan fingerprint density at radius 2 is 1.60 bits per heavy atom. The van der Waals surface area contributed by atoms with Gasteiger partial charge < -0.3 is 9.47 Å². The molecule has 2 nitrogen and oxygen atoms in total. The van der Waals surface area contributed by atoms with Crippen molar-refractivity contribution in [1.82, 2.24) is 0 Å². The molecule has 0 unspecified atom stereocenters. The van der Waals surface area contributed by atoms with E-state index < -0.39 is 8.07 Å². The van der Waals surface area contributed by atoms with Gasteiger partial charge in [0.2, 0.25) is 0 Å². The highest BCUT2D eigenvalue weighted by Crippen LogP contribution is 2.33. The third kappa shape index (κ3) is 4.60. The Morgan fingerprint density at radius 1 is 0.960 bits per heavy atom. The molecule has 2 aromatic rings. The number of rotatable bonds is 7. The van der Waals surface area contributed by atoms with Gasteiger partial charge in [-0.15, -0.1) is 0 Å². The highest BCUT2D eigenvalue weighted by molar-refractivity contribution is 6.91. The predicted octanol–water partition coefficient (Wildman–Crippen LogP) is 4.68. The fourth-order valence-electron chi connectivity index (χ4n) is 3.84. The number of hydrogen-bond donors (Lipinski definition) is 0. The average Bonchev–Trinajstić information content (AvgIpc) is 3.14. The van der Waals surface area contributed by atoms with E-state index in [2.05, 4.69) is 74.6 Å². The van der Waals surface area contributed by atoms with Crippen LogP contribution in [0.15, 0.2) is 54.6 Å². The highest BCUT2D eigenvalue weighted by Gasteiger charge is 2.34. The van der Waals surface area contributed by atoms with E-state index in [4.69, 9.17) is 9.47 Å². The van der Waals surface area contributed by atoms with Crippen LogP contribution in [0.5, 0.6) is 0 Å². The molecule has 1 fully saturated rings. The maximum absolute atomic E-state index is 5.69. The molecular formula is C22H30O2Si. The molecule has 0 aliphatic carbocycles. The Kier molecular flexibility index (Phi) is 6.10. The van der Waals surface area contributed by atoms with Crippen LogP contribution in [0.4, 0.5) is 0 Å². The second-order valence-corrected chi connectivity index (χ2v) is 12.5. The first-order chi connectivity index (χ1) is 12.1. The number of benzene rings is 2. The van der Waals surface area contributed by atoms with Gasteiger partial charge >= 0.3 is 0 Å². The first-order valence-corrected chi connectivity index (χ1v) is 12.5. The Balaban J connectivity index is 1.81. The summed E-state index contributed by atoms with van der Waals surface area (Å²) in [4.78, 5) is 0. The molecule has 1 aliphatic rings. The van der Waals surface area contributed by atoms with Crippen molar-refractivity contribution in [2.45, 2.75) is 51.1 Å². The summed E-state index contributed by atoms with van der Waals surface area (Å²) in [6.07, 6.45) is 3.31. The summed E-state index contributed by atoms with van der Waals surface area (Å²) < 4.78 is 11.4. The fraction of sp³-hybridized carbons (Fsp3) is 0.455. The SMILES string of the molecule is Cc1ccccc1C[C@H](CCC1OCCO1)[Si](C)(C)c1ccccc1. The molecule has 3 heteroatoms. The van der Waals surface area contributed by atoms with Gasteiger partial charge in [-0.3, -0.25) is 0 Å². The normalized spacial score (nSPS) is 16.9. The van der Waals surface area contributed by atoms with E-state index in [0.29, 0.717) is 5.54 Å². The van der Waals surface area contributed by atoms with E-state index in [1.54, 1.807) is 5.19 Å². The Bertz CT molecular complexity index is 663. The van der Waals surface area contributed by atoms with Crippen LogP contribution < -0.4 is 5.19 Å². The van der Waals surface area contributed by atoms with E-state index in [0.717, 1.165) is 32.5 Å². The van der Waals surface area contributed by atoms with Gasteiger partial charge in [0.1, 0.15) is 0 Å². The monoisotopic (exact) mass is 354 g/mol. The van der Waals surface area contributed by atoms with E-state index in [-0.39, 0.29) is 6.29 Å². The molecule has 0 N–H and O–H groups in total. The van der Waals surface area contributed by atoms with Crippen LogP contribution in [0.25, 0.3) is 0 Å². The van der Waals surface area contributed by atoms with Crippen molar-refractivity contribution in [2.24, 2.45) is 0 Å². The minimum atomic E-state index is -1.60. The van der Waals surface area contributed by atoms with Gasteiger partial charge in [-0.05, 0) is 42.9 Å². The van der Waals surface area contributed by atoms with E-state index >= 15 is 0 Å². The summed E-state index contributed by atoms with van der Waals surface area (Å²) in [5.74, 6) is 0. The first kappa shape index (κ1) is 18.4. The zero-order valence-electron chi connectivity index (χ0n) is 15.7. The summed E-state index contributed by atoms with van der Waals surface area (Å²) in [6, 6.07) is 19.9. The molecule has 0 radical (unpaired) electrons. The molecule has 1 aliphatic heterocycles. The molecule has 1 heterocycles. The number of aryl methyl sites for hydroxylation is 1. The third-order valence-electron chi connectivity index (χ3n) is 5.71. The van der Waals surface area contributed by atoms with Gasteiger partial charge in [0.25, 0.3) is 0 Å². The molecule has 0 aromatic heterocycles. The van der Waals surface area contributed by atoms with E-state index in [1.165, 1.54) is 11.1 Å². The van der Waals surface area contributed by atoms with Gasteiger partial charge in [0.05, 0.1) is 21.3 Å². The van der Waals surface area contributed by atoms with Gasteiger partial charge in [0, 0.05) is 0 Å². The Hall–Kier alpha value is -1.42. The second kappa shape index (κ2) is 8.30. The highest BCUT2D eigenvalue weighted by atomic mass is 28.3. The molecule has 1 atom stereocenters. The lowest BCUT2D eigenvalue weighted by Gasteiger charge is -2.34. The Morgan fingerprint density at radius 3 is 2.28 bits per heavy atom. The molecule has 2 aromatic carbocycles. The molecule has 3 rings (SSSR count). The van der Waals surface area contributed by atoms with Gasteiger partial charge in [-0.1, -0.05) is 72.9 Å². The van der Waals surface area contributed by atoms with Crippen molar-refractivity contribution >= 4 is 13.3 Å². The zero-order valence-corrected chi connectivity index (χ0v) is 16.7. The molecular weight excluding hydrogens is 324 g/mol. The minimum Gasteiger partial charge on any atom is -0.350 e. The van der Waals surface area contributed by atoms with Crippen LogP contribution in [0.3, 0.4) is 0 Å². The Labute approximate surface area is 153 Å². The van der Waals surface area contributed by atoms with E-state index in [9.17, 15) is 0 Å². The molecule has 0 spiro atoms. The van der Waals surface area contributed by atoms with Crippen LogP contribution in [0, 0.1) is 6.92 Å². The van der Waals surface area contributed by atoms with Crippen molar-refractivity contribution in [2.75, 3.05) is 13.2 Å². The predicted molar refractivity (Wildman–Crippen MR) is 107 cm³/mol. The quantitative estimate of drug-likeness (QED) is 0.672. The molecule has 134 valence electrons. The lowest BCUT2D eigenvalue weighted by Crippen LogP contribution is -2.47. The van der Waals surface area contributed by atoms with Crippen LogP contribution in [0.1, 0.15) is 24.0 Å². The number of ether oxygens (including phenoxy) is 2. The van der Waals surface area contributed by atoms with Crippen LogP contribution in [0.2, 0.25) is 18.6 Å². The zero-order chi connectivity index (χ0) is 17.7. The summed E-state index contributed by atoms with van der Waals surface area (Å²) in [7, 11) is -1.60. The topological polar surface area (TPSA) is 18.5 Å². The summed E-state index contributed by atoms with van der Waals surface area (Å²) >= 11 is 0. The van der Waals surface area contributed by atoms with Crippen molar-refractivity contribution < 1.29 is 9.47 Å². The fourth-order valence-corrected chi connectivity index (χ4v) is 6.98. The third-order valence-corrected chi connectivity index (χ3v) is 10.1. The van der Waals surface area contributed by atoms with Crippen LogP contribution >= 0.6 is 0 Å². The lowest BCUT2D eigenvalue weighted by molar-refractivity contribution is -0.0479. The maximum atomic E-state index is 5.69. The smallest absolute Gasteiger partial charge is 0.157 e. The minimum absolute atomic E-state index is 0.0000522. The molecule has 0 saturated carbocycles. The first-order valence-electron chi connectivity index (χ1n) is 9.40. The van der Waals surface area contributed by atoms with Crippen molar-refractivity contribution in [1.29, 1.82) is 0 Å². The van der Waals surface area contributed by atoms with Crippen LogP contribution in [-0.4, -0.2) is 27.6 Å².